The van der Waals surface area contributed by atoms with Crippen LogP contribution in [0.25, 0.3) is 22.2 Å². The van der Waals surface area contributed by atoms with Gasteiger partial charge in [0.15, 0.2) is 5.89 Å². The average molecular weight is 256 g/mol. The zero-order valence-electron chi connectivity index (χ0n) is 10.5. The molecular weight excluding hydrogens is 244 g/mol. The van der Waals surface area contributed by atoms with Gasteiger partial charge in [0, 0.05) is 36.6 Å². The quantitative estimate of drug-likeness (QED) is 0.765. The number of rotatable bonds is 2. The normalized spacial score (nSPS) is 11.1. The maximum absolute atomic E-state index is 11.2. The van der Waals surface area contributed by atoms with Crippen LogP contribution in [-0.4, -0.2) is 20.6 Å². The van der Waals surface area contributed by atoms with Crippen LogP contribution < -0.4 is 0 Å². The van der Waals surface area contributed by atoms with Crippen LogP contribution in [0.1, 0.15) is 16.4 Å². The first kappa shape index (κ1) is 11.5. The highest BCUT2D eigenvalue weighted by Gasteiger charge is 2.22. The molecule has 3 rings (SSSR count). The molecule has 0 fully saturated rings. The van der Waals surface area contributed by atoms with E-state index in [4.69, 9.17) is 4.42 Å². The molecule has 2 aromatic heterocycles. The molecule has 0 bridgehead atoms. The predicted molar refractivity (Wildman–Crippen MR) is 70.1 cm³/mol. The fourth-order valence-corrected chi connectivity index (χ4v) is 2.28. The Morgan fingerprint density at radius 1 is 1.37 bits per heavy atom. The third kappa shape index (κ3) is 1.71. The molecule has 2 heterocycles. The second kappa shape index (κ2) is 3.98. The van der Waals surface area contributed by atoms with Gasteiger partial charge in [0.05, 0.1) is 0 Å². The highest BCUT2D eigenvalue weighted by molar-refractivity contribution is 6.00. The molecule has 1 N–H and O–H groups in total. The van der Waals surface area contributed by atoms with Gasteiger partial charge in [0.1, 0.15) is 5.69 Å². The van der Waals surface area contributed by atoms with Gasteiger partial charge < -0.3 is 14.1 Å². The van der Waals surface area contributed by atoms with Gasteiger partial charge in [-0.25, -0.2) is 9.78 Å². The van der Waals surface area contributed by atoms with E-state index in [-0.39, 0.29) is 5.76 Å². The maximum atomic E-state index is 11.2. The minimum absolute atomic E-state index is 0.117. The van der Waals surface area contributed by atoms with Crippen molar-refractivity contribution in [3.63, 3.8) is 0 Å². The number of hydrogen-bond acceptors (Lipinski definition) is 3. The molecule has 0 saturated carbocycles. The molecule has 5 nitrogen and oxygen atoms in total. The number of oxazole rings is 1. The minimum Gasteiger partial charge on any atom is -0.475 e. The maximum Gasteiger partial charge on any atom is 0.374 e. The Labute approximate surface area is 109 Å². The van der Waals surface area contributed by atoms with Crippen LogP contribution in [0, 0.1) is 6.92 Å². The Hall–Kier alpha value is -2.56. The van der Waals surface area contributed by atoms with Crippen LogP contribution in [-0.2, 0) is 7.05 Å². The highest BCUT2D eigenvalue weighted by atomic mass is 16.4. The topological polar surface area (TPSA) is 68.3 Å². The Bertz CT molecular complexity index is 783. The Kier molecular flexibility index (Phi) is 2.41. The van der Waals surface area contributed by atoms with Crippen molar-refractivity contribution in [2.45, 2.75) is 6.92 Å². The molecule has 0 unspecified atom stereocenters. The number of carboxylic acids is 1. The van der Waals surface area contributed by atoms with E-state index in [1.54, 1.807) is 6.92 Å². The fraction of sp³-hybridized carbons (Fsp3) is 0.143. The standard InChI is InChI=1S/C14H12N2O3/c1-8-15-12(13(19-8)14(17)18)10-7-16(2)11-6-4-3-5-9(10)11/h3-7H,1-2H3,(H,17,18). The third-order valence-corrected chi connectivity index (χ3v) is 3.08. The van der Waals surface area contributed by atoms with E-state index in [1.165, 1.54) is 0 Å². The number of benzene rings is 1. The molecule has 1 aromatic carbocycles. The number of carbonyl (C=O) groups is 1. The molecule has 0 radical (unpaired) electrons. The molecule has 0 spiro atoms. The van der Waals surface area contributed by atoms with Crippen molar-refractivity contribution in [2.75, 3.05) is 0 Å². The zero-order valence-corrected chi connectivity index (χ0v) is 10.5. The SMILES string of the molecule is Cc1nc(-c2cn(C)c3ccccc23)c(C(=O)O)o1. The van der Waals surface area contributed by atoms with Crippen molar-refractivity contribution in [3.05, 3.63) is 42.1 Å². The Balaban J connectivity index is 2.34. The number of hydrogen-bond donors (Lipinski definition) is 1. The molecule has 96 valence electrons. The lowest BCUT2D eigenvalue weighted by molar-refractivity contribution is 0.0662. The van der Waals surface area contributed by atoms with Crippen molar-refractivity contribution in [2.24, 2.45) is 7.05 Å². The van der Waals surface area contributed by atoms with Crippen LogP contribution in [0.4, 0.5) is 0 Å². The summed E-state index contributed by atoms with van der Waals surface area (Å²) in [6, 6.07) is 7.78. The predicted octanol–water partition coefficient (Wildman–Crippen LogP) is 2.84. The number of para-hydroxylation sites is 1. The Morgan fingerprint density at radius 3 is 2.84 bits per heavy atom. The lowest BCUT2D eigenvalue weighted by Gasteiger charge is -1.95. The van der Waals surface area contributed by atoms with Gasteiger partial charge in [-0.2, -0.15) is 0 Å². The summed E-state index contributed by atoms with van der Waals surface area (Å²) >= 11 is 0. The summed E-state index contributed by atoms with van der Waals surface area (Å²) in [6.45, 7) is 1.64. The average Bonchev–Trinajstić information content (AvgIpc) is 2.91. The van der Waals surface area contributed by atoms with E-state index in [2.05, 4.69) is 4.98 Å². The summed E-state index contributed by atoms with van der Waals surface area (Å²) in [7, 11) is 1.92. The van der Waals surface area contributed by atoms with Crippen molar-refractivity contribution in [3.8, 4) is 11.3 Å². The third-order valence-electron chi connectivity index (χ3n) is 3.08. The number of fused-ring (bicyclic) bond motifs is 1. The van der Waals surface area contributed by atoms with Gasteiger partial charge in [-0.15, -0.1) is 0 Å². The van der Waals surface area contributed by atoms with Crippen molar-refractivity contribution in [1.82, 2.24) is 9.55 Å². The molecule has 0 atom stereocenters. The van der Waals surface area contributed by atoms with Gasteiger partial charge in [-0.05, 0) is 6.07 Å². The smallest absolute Gasteiger partial charge is 0.374 e. The number of aromatic carboxylic acids is 1. The van der Waals surface area contributed by atoms with Crippen LogP contribution in [0.15, 0.2) is 34.9 Å². The van der Waals surface area contributed by atoms with Crippen LogP contribution in [0.3, 0.4) is 0 Å². The zero-order chi connectivity index (χ0) is 13.6. The summed E-state index contributed by atoms with van der Waals surface area (Å²) in [5.74, 6) is -0.877. The molecule has 5 heteroatoms. The van der Waals surface area contributed by atoms with E-state index in [0.717, 1.165) is 16.5 Å². The first-order valence-corrected chi connectivity index (χ1v) is 5.83. The lowest BCUT2D eigenvalue weighted by atomic mass is 10.1. The molecule has 0 aliphatic rings. The second-order valence-electron chi connectivity index (χ2n) is 4.39. The molecule has 0 amide bonds. The van der Waals surface area contributed by atoms with Crippen LogP contribution in [0.2, 0.25) is 0 Å². The first-order valence-electron chi connectivity index (χ1n) is 5.83. The van der Waals surface area contributed by atoms with Crippen molar-refractivity contribution >= 4 is 16.9 Å². The van der Waals surface area contributed by atoms with Gasteiger partial charge in [-0.1, -0.05) is 18.2 Å². The largest absolute Gasteiger partial charge is 0.475 e. The number of nitrogens with zero attached hydrogens (tertiary/aromatic N) is 2. The van der Waals surface area contributed by atoms with Crippen LogP contribution in [0.5, 0.6) is 0 Å². The van der Waals surface area contributed by atoms with Gasteiger partial charge in [0.25, 0.3) is 0 Å². The van der Waals surface area contributed by atoms with E-state index in [9.17, 15) is 9.90 Å². The molecule has 0 aliphatic heterocycles. The summed E-state index contributed by atoms with van der Waals surface area (Å²) in [6.07, 6.45) is 1.87. The highest BCUT2D eigenvalue weighted by Crippen LogP contribution is 2.32. The van der Waals surface area contributed by atoms with E-state index in [1.807, 2.05) is 42.1 Å². The number of aromatic nitrogens is 2. The van der Waals surface area contributed by atoms with Gasteiger partial charge >= 0.3 is 5.97 Å². The van der Waals surface area contributed by atoms with Gasteiger partial charge in [-0.3, -0.25) is 0 Å². The molecular formula is C14H12N2O3. The molecule has 0 aliphatic carbocycles. The minimum atomic E-state index is -1.11. The number of aryl methyl sites for hydroxylation is 2. The van der Waals surface area contributed by atoms with Gasteiger partial charge in [0.2, 0.25) is 5.76 Å². The summed E-state index contributed by atoms with van der Waals surface area (Å²) in [4.78, 5) is 15.4. The summed E-state index contributed by atoms with van der Waals surface area (Å²) in [5.41, 5.74) is 2.17. The van der Waals surface area contributed by atoms with E-state index >= 15 is 0 Å². The molecule has 19 heavy (non-hydrogen) atoms. The van der Waals surface area contributed by atoms with E-state index < -0.39 is 5.97 Å². The van der Waals surface area contributed by atoms with Crippen molar-refractivity contribution in [1.29, 1.82) is 0 Å². The Morgan fingerprint density at radius 2 is 2.11 bits per heavy atom. The van der Waals surface area contributed by atoms with Crippen molar-refractivity contribution < 1.29 is 14.3 Å². The van der Waals surface area contributed by atoms with E-state index in [0.29, 0.717) is 11.6 Å². The second-order valence-corrected chi connectivity index (χ2v) is 4.39. The summed E-state index contributed by atoms with van der Waals surface area (Å²) in [5, 5.41) is 10.1. The summed E-state index contributed by atoms with van der Waals surface area (Å²) < 4.78 is 7.11. The lowest BCUT2D eigenvalue weighted by Crippen LogP contribution is -1.96. The molecule has 3 aromatic rings. The van der Waals surface area contributed by atoms with Crippen LogP contribution >= 0.6 is 0 Å². The fourth-order valence-electron chi connectivity index (χ4n) is 2.28. The monoisotopic (exact) mass is 256 g/mol. The number of carboxylic acid groups (broad SMARTS) is 1. The first-order chi connectivity index (χ1) is 9.08. The molecule has 0 saturated heterocycles.